The van der Waals surface area contributed by atoms with E-state index in [1.54, 1.807) is 0 Å². The Labute approximate surface area is 209 Å². The van der Waals surface area contributed by atoms with Crippen molar-refractivity contribution in [2.75, 3.05) is 0 Å². The molecule has 0 aliphatic heterocycles. The molecule has 1 nitrogen and oxygen atoms in total. The minimum absolute atomic E-state index is 0.0870. The highest BCUT2D eigenvalue weighted by Gasteiger charge is 2.23. The highest BCUT2D eigenvalue weighted by atomic mass is 14.6. The zero-order valence-electron chi connectivity index (χ0n) is 23.6. The summed E-state index contributed by atoms with van der Waals surface area (Å²) < 4.78 is 0. The van der Waals surface area contributed by atoms with Crippen molar-refractivity contribution >= 4 is 0 Å². The van der Waals surface area contributed by atoms with Crippen LogP contribution in [0.2, 0.25) is 0 Å². The summed E-state index contributed by atoms with van der Waals surface area (Å²) in [7, 11) is 0. The molecule has 0 bridgehead atoms. The molecule has 0 radical (unpaired) electrons. The van der Waals surface area contributed by atoms with Gasteiger partial charge in [-0.05, 0) is 61.1 Å². The van der Waals surface area contributed by atoms with Crippen LogP contribution in [0.25, 0.3) is 22.3 Å². The summed E-state index contributed by atoms with van der Waals surface area (Å²) in [6.45, 7) is 27.5. The molecule has 0 spiro atoms. The third-order valence-electron chi connectivity index (χ3n) is 6.74. The molecule has 0 atom stereocenters. The maximum Gasteiger partial charge on any atom is 0.0346 e. The van der Waals surface area contributed by atoms with E-state index in [9.17, 15) is 0 Å². The van der Waals surface area contributed by atoms with Gasteiger partial charge in [-0.1, -0.05) is 119 Å². The van der Waals surface area contributed by atoms with Crippen molar-refractivity contribution in [2.45, 2.75) is 105 Å². The van der Waals surface area contributed by atoms with E-state index in [2.05, 4.69) is 126 Å². The third-order valence-corrected chi connectivity index (χ3v) is 6.74. The lowest BCUT2D eigenvalue weighted by atomic mass is 9.78. The van der Waals surface area contributed by atoms with Gasteiger partial charge in [-0.25, -0.2) is 0 Å². The predicted octanol–water partition coefficient (Wildman–Crippen LogP) is 9.61. The molecule has 0 amide bonds. The van der Waals surface area contributed by atoms with Crippen LogP contribution in [-0.4, -0.2) is 4.98 Å². The highest BCUT2D eigenvalue weighted by molar-refractivity contribution is 5.74. The predicted molar refractivity (Wildman–Crippen MR) is 150 cm³/mol. The number of hydrogen-bond acceptors (Lipinski definition) is 1. The quantitative estimate of drug-likeness (QED) is 0.375. The van der Waals surface area contributed by atoms with Crippen LogP contribution in [0.1, 0.15) is 105 Å². The molecule has 0 unspecified atom stereocenters. The van der Waals surface area contributed by atoms with Gasteiger partial charge in [0.1, 0.15) is 0 Å². The van der Waals surface area contributed by atoms with E-state index in [-0.39, 0.29) is 21.7 Å². The summed E-state index contributed by atoms with van der Waals surface area (Å²) in [5.41, 5.74) is 10.6. The molecule has 3 aromatic rings. The topological polar surface area (TPSA) is 12.9 Å². The van der Waals surface area contributed by atoms with Crippen molar-refractivity contribution in [3.05, 3.63) is 77.1 Å². The van der Waals surface area contributed by atoms with Crippen LogP contribution in [0, 0.1) is 0 Å². The van der Waals surface area contributed by atoms with E-state index in [0.29, 0.717) is 0 Å². The molecule has 0 N–H and O–H groups in total. The Kier molecular flexibility index (Phi) is 6.68. The van der Waals surface area contributed by atoms with Crippen molar-refractivity contribution in [3.8, 4) is 22.3 Å². The minimum atomic E-state index is 0.0870. The molecular weight excluding hydrogens is 410 g/mol. The molecule has 0 saturated heterocycles. The second kappa shape index (κ2) is 8.67. The fraction of sp³-hybridized carbons (Fsp3) is 0.485. The van der Waals surface area contributed by atoms with Crippen LogP contribution in [0.4, 0.5) is 0 Å². The Morgan fingerprint density at radius 2 is 0.618 bits per heavy atom. The molecule has 3 rings (SSSR count). The lowest BCUT2D eigenvalue weighted by molar-refractivity contribution is 0.568. The number of aromatic nitrogens is 1. The van der Waals surface area contributed by atoms with Crippen LogP contribution in [0.5, 0.6) is 0 Å². The smallest absolute Gasteiger partial charge is 0.0346 e. The van der Waals surface area contributed by atoms with E-state index < -0.39 is 0 Å². The summed E-state index contributed by atoms with van der Waals surface area (Å²) in [5, 5.41) is 0. The van der Waals surface area contributed by atoms with E-state index >= 15 is 0 Å². The van der Waals surface area contributed by atoms with Gasteiger partial charge >= 0.3 is 0 Å². The Morgan fingerprint density at radius 3 is 0.853 bits per heavy atom. The fourth-order valence-electron chi connectivity index (χ4n) is 4.08. The van der Waals surface area contributed by atoms with Crippen molar-refractivity contribution < 1.29 is 0 Å². The molecule has 2 aromatic carbocycles. The first-order valence-corrected chi connectivity index (χ1v) is 12.6. The summed E-state index contributed by atoms with van der Waals surface area (Å²) >= 11 is 0. The number of hydrogen-bond donors (Lipinski definition) is 0. The van der Waals surface area contributed by atoms with Crippen LogP contribution in [-0.2, 0) is 21.7 Å². The maximum atomic E-state index is 4.70. The van der Waals surface area contributed by atoms with E-state index in [1.165, 1.54) is 44.5 Å². The molecule has 1 aromatic heterocycles. The van der Waals surface area contributed by atoms with Crippen LogP contribution >= 0.6 is 0 Å². The maximum absolute atomic E-state index is 4.70. The lowest BCUT2D eigenvalue weighted by Gasteiger charge is -2.27. The summed E-state index contributed by atoms with van der Waals surface area (Å²) in [5.74, 6) is 0. The van der Waals surface area contributed by atoms with Gasteiger partial charge in [0, 0.05) is 23.5 Å². The van der Waals surface area contributed by atoms with Crippen LogP contribution < -0.4 is 0 Å². The van der Waals surface area contributed by atoms with E-state index in [1.807, 2.05) is 12.4 Å². The van der Waals surface area contributed by atoms with Gasteiger partial charge in [0.15, 0.2) is 0 Å². The zero-order valence-corrected chi connectivity index (χ0v) is 23.6. The van der Waals surface area contributed by atoms with Crippen molar-refractivity contribution in [1.29, 1.82) is 0 Å². The first-order chi connectivity index (χ1) is 15.4. The second-order valence-corrected chi connectivity index (χ2v) is 14.1. The summed E-state index contributed by atoms with van der Waals surface area (Å²) in [6.07, 6.45) is 4.02. The average Bonchev–Trinajstić information content (AvgIpc) is 2.70. The number of benzene rings is 2. The zero-order chi connectivity index (χ0) is 25.7. The third kappa shape index (κ3) is 5.98. The minimum Gasteiger partial charge on any atom is -0.263 e. The Morgan fingerprint density at radius 1 is 0.353 bits per heavy atom. The summed E-state index contributed by atoms with van der Waals surface area (Å²) in [4.78, 5) is 4.70. The first kappa shape index (κ1) is 26.2. The number of rotatable bonds is 2. The highest BCUT2D eigenvalue weighted by Crippen LogP contribution is 2.37. The number of pyridine rings is 1. The van der Waals surface area contributed by atoms with Gasteiger partial charge in [-0.3, -0.25) is 4.98 Å². The van der Waals surface area contributed by atoms with Gasteiger partial charge in [0.05, 0.1) is 0 Å². The van der Waals surface area contributed by atoms with Crippen LogP contribution in [0.15, 0.2) is 54.9 Å². The first-order valence-electron chi connectivity index (χ1n) is 12.6. The van der Waals surface area contributed by atoms with Gasteiger partial charge < -0.3 is 0 Å². The van der Waals surface area contributed by atoms with Gasteiger partial charge in [0.25, 0.3) is 0 Å². The molecule has 1 heteroatoms. The molecule has 0 aliphatic rings. The molecule has 0 saturated carbocycles. The van der Waals surface area contributed by atoms with E-state index in [4.69, 9.17) is 4.98 Å². The number of nitrogens with zero attached hydrogens (tertiary/aromatic N) is 1. The fourth-order valence-corrected chi connectivity index (χ4v) is 4.08. The normalized spacial score (nSPS) is 13.3. The molecule has 182 valence electrons. The second-order valence-electron chi connectivity index (χ2n) is 14.1. The largest absolute Gasteiger partial charge is 0.263 e. The SMILES string of the molecule is CC(C)(C)c1cc(-c2cncc(-c3cc(C(C)(C)C)cc(C(C)(C)C)c3)c2)cc(C(C)(C)C)c1. The molecular formula is C33H45N. The monoisotopic (exact) mass is 455 g/mol. The van der Waals surface area contributed by atoms with Crippen molar-refractivity contribution in [3.63, 3.8) is 0 Å². The Hall–Kier alpha value is -2.41. The average molecular weight is 456 g/mol. The lowest BCUT2D eigenvalue weighted by Crippen LogP contribution is -2.16. The van der Waals surface area contributed by atoms with Crippen LogP contribution in [0.3, 0.4) is 0 Å². The summed E-state index contributed by atoms with van der Waals surface area (Å²) in [6, 6.07) is 16.5. The standard InChI is InChI=1S/C33H45N/c1-30(2,3)26-14-22(15-27(18-26)31(4,5)6)24-13-25(21-34-20-24)23-16-28(32(7,8)9)19-29(17-23)33(10,11)12/h13-21H,1-12H3. The molecule has 0 aliphatic carbocycles. The molecule has 34 heavy (non-hydrogen) atoms. The Balaban J connectivity index is 2.21. The van der Waals surface area contributed by atoms with Gasteiger partial charge in [0.2, 0.25) is 0 Å². The Bertz CT molecular complexity index is 1010. The molecule has 1 heterocycles. The van der Waals surface area contributed by atoms with E-state index in [0.717, 1.165) is 0 Å². The van der Waals surface area contributed by atoms with Gasteiger partial charge in [-0.2, -0.15) is 0 Å². The van der Waals surface area contributed by atoms with Gasteiger partial charge in [-0.15, -0.1) is 0 Å². The van der Waals surface area contributed by atoms with Crippen molar-refractivity contribution in [2.24, 2.45) is 0 Å². The van der Waals surface area contributed by atoms with Crippen molar-refractivity contribution in [1.82, 2.24) is 4.98 Å². The molecule has 0 fully saturated rings.